The molecule has 0 amide bonds. The summed E-state index contributed by atoms with van der Waals surface area (Å²) in [5, 5.41) is 22.3. The van der Waals surface area contributed by atoms with Gasteiger partial charge in [0.05, 0.1) is 5.60 Å². The lowest BCUT2D eigenvalue weighted by molar-refractivity contribution is -0.132. The van der Waals surface area contributed by atoms with E-state index in [0.29, 0.717) is 29.5 Å². The molecule has 3 fully saturated rings. The van der Waals surface area contributed by atoms with Gasteiger partial charge in [-0.2, -0.15) is 0 Å². The number of hydrogen-bond donors (Lipinski definition) is 1. The van der Waals surface area contributed by atoms with Crippen LogP contribution in [0.15, 0.2) is 0 Å². The van der Waals surface area contributed by atoms with Gasteiger partial charge in [-0.25, -0.2) is 4.68 Å². The summed E-state index contributed by atoms with van der Waals surface area (Å²) in [6.45, 7) is 11.2. The fraction of sp³-hybridized carbons (Fsp3) is 0.920. The number of carbonyl (C=O) groups excluding carboxylic acids is 1. The van der Waals surface area contributed by atoms with Crippen LogP contribution in [0.1, 0.15) is 97.7 Å². The van der Waals surface area contributed by atoms with Crippen LogP contribution in [0.2, 0.25) is 0 Å². The third-order valence-corrected chi connectivity index (χ3v) is 10.0. The van der Waals surface area contributed by atoms with Gasteiger partial charge in [0.25, 0.3) is 0 Å². The minimum atomic E-state index is -0.543. The summed E-state index contributed by atoms with van der Waals surface area (Å²) in [6.07, 6.45) is 11.3. The average Bonchev–Trinajstić information content (AvgIpc) is 3.29. The molecule has 0 bridgehead atoms. The Hall–Kier alpha value is -1.30. The Morgan fingerprint density at radius 2 is 1.97 bits per heavy atom. The Morgan fingerprint density at radius 3 is 2.65 bits per heavy atom. The van der Waals surface area contributed by atoms with E-state index in [0.717, 1.165) is 43.9 Å². The molecule has 3 saturated carbocycles. The van der Waals surface area contributed by atoms with E-state index in [1.54, 1.807) is 4.68 Å². The third-order valence-electron chi connectivity index (χ3n) is 10.0. The van der Waals surface area contributed by atoms with Crippen molar-refractivity contribution in [3.05, 3.63) is 5.82 Å². The number of rotatable bonds is 7. The number of hydrogen-bond acceptors (Lipinski definition) is 5. The lowest BCUT2D eigenvalue weighted by atomic mass is 9.48. The maximum absolute atomic E-state index is 13.3. The molecular weight excluding hydrogens is 388 g/mol. The number of nitrogens with zero attached hydrogens (tertiary/aromatic N) is 4. The van der Waals surface area contributed by atoms with E-state index in [-0.39, 0.29) is 11.3 Å². The molecule has 0 saturated heterocycles. The van der Waals surface area contributed by atoms with Gasteiger partial charge < -0.3 is 5.11 Å². The number of aryl methyl sites for hydroxylation is 1. The molecule has 0 spiro atoms. The Balaban J connectivity index is 1.49. The minimum Gasteiger partial charge on any atom is -0.390 e. The number of Topliss-reactive ketones (excluding diaryl/α,β-unsaturated/α-hetero) is 1. The fourth-order valence-electron chi connectivity index (χ4n) is 7.71. The van der Waals surface area contributed by atoms with Crippen LogP contribution < -0.4 is 0 Å². The molecule has 0 aromatic carbocycles. The molecule has 0 aliphatic heterocycles. The van der Waals surface area contributed by atoms with Crippen LogP contribution in [-0.2, 0) is 11.3 Å². The maximum atomic E-state index is 13.3. The van der Waals surface area contributed by atoms with Gasteiger partial charge in [-0.1, -0.05) is 27.2 Å². The standard InChI is InChI=1S/C25H42N4O2/c1-6-24(4,31)15-14-23(3)12-7-8-18-19(23)11-13-25(5)20(18)9-10-21(25)22(30)16-29-17(2)26-27-28-29/h18-21,31H,6-16H2,1-5H3/t18-,19+,20+,21-,23-,24+,25+/m1/s1. The molecule has 0 radical (unpaired) electrons. The third kappa shape index (κ3) is 4.09. The highest BCUT2D eigenvalue weighted by atomic mass is 16.3. The van der Waals surface area contributed by atoms with E-state index in [9.17, 15) is 9.90 Å². The molecule has 7 atom stereocenters. The van der Waals surface area contributed by atoms with Crippen molar-refractivity contribution in [2.45, 2.75) is 111 Å². The summed E-state index contributed by atoms with van der Waals surface area (Å²) in [6, 6.07) is 0. The second-order valence-electron chi connectivity index (χ2n) is 11.8. The molecule has 1 N–H and O–H groups in total. The lowest BCUT2D eigenvalue weighted by Gasteiger charge is -2.57. The van der Waals surface area contributed by atoms with E-state index in [2.05, 4.69) is 36.3 Å². The topological polar surface area (TPSA) is 80.9 Å². The number of ketones is 1. The lowest BCUT2D eigenvalue weighted by Crippen LogP contribution is -2.50. The van der Waals surface area contributed by atoms with Crippen LogP contribution in [0.3, 0.4) is 0 Å². The van der Waals surface area contributed by atoms with Crippen LogP contribution in [0.5, 0.6) is 0 Å². The smallest absolute Gasteiger partial charge is 0.158 e. The first kappa shape index (κ1) is 22.9. The number of aliphatic hydroxyl groups is 1. The molecule has 1 heterocycles. The first-order valence-corrected chi connectivity index (χ1v) is 12.6. The van der Waals surface area contributed by atoms with Gasteiger partial charge in [0.1, 0.15) is 12.4 Å². The van der Waals surface area contributed by atoms with Crippen LogP contribution in [0.4, 0.5) is 0 Å². The van der Waals surface area contributed by atoms with Crippen molar-refractivity contribution < 1.29 is 9.90 Å². The highest BCUT2D eigenvalue weighted by Gasteiger charge is 2.58. The van der Waals surface area contributed by atoms with Gasteiger partial charge >= 0.3 is 0 Å². The number of aromatic nitrogens is 4. The average molecular weight is 431 g/mol. The van der Waals surface area contributed by atoms with Crippen molar-refractivity contribution in [3.63, 3.8) is 0 Å². The van der Waals surface area contributed by atoms with Crippen molar-refractivity contribution in [2.75, 3.05) is 0 Å². The Morgan fingerprint density at radius 1 is 1.19 bits per heavy atom. The number of carbonyl (C=O) groups is 1. The summed E-state index contributed by atoms with van der Waals surface area (Å²) < 4.78 is 1.65. The monoisotopic (exact) mass is 430 g/mol. The molecule has 6 heteroatoms. The fourth-order valence-corrected chi connectivity index (χ4v) is 7.71. The highest BCUT2D eigenvalue weighted by Crippen LogP contribution is 2.65. The van der Waals surface area contributed by atoms with Crippen molar-refractivity contribution in [2.24, 2.45) is 34.5 Å². The summed E-state index contributed by atoms with van der Waals surface area (Å²) in [5.41, 5.74) is -0.0965. The van der Waals surface area contributed by atoms with E-state index in [4.69, 9.17) is 0 Å². The molecule has 31 heavy (non-hydrogen) atoms. The van der Waals surface area contributed by atoms with E-state index in [1.165, 1.54) is 32.1 Å². The van der Waals surface area contributed by atoms with Gasteiger partial charge in [-0.3, -0.25) is 4.79 Å². The van der Waals surface area contributed by atoms with Gasteiger partial charge in [-0.05, 0) is 111 Å². The molecule has 0 unspecified atom stereocenters. The summed E-state index contributed by atoms with van der Waals surface area (Å²) in [5.74, 6) is 3.29. The summed E-state index contributed by atoms with van der Waals surface area (Å²) in [4.78, 5) is 13.3. The normalized spacial score (nSPS) is 39.5. The van der Waals surface area contributed by atoms with E-state index >= 15 is 0 Å². The Bertz CT molecular complexity index is 805. The summed E-state index contributed by atoms with van der Waals surface area (Å²) in [7, 11) is 0. The quantitative estimate of drug-likeness (QED) is 0.676. The van der Waals surface area contributed by atoms with Crippen LogP contribution in [0.25, 0.3) is 0 Å². The first-order chi connectivity index (χ1) is 14.6. The van der Waals surface area contributed by atoms with Gasteiger partial charge in [-0.15, -0.1) is 5.10 Å². The largest absolute Gasteiger partial charge is 0.390 e. The van der Waals surface area contributed by atoms with Crippen LogP contribution in [0, 0.1) is 41.4 Å². The van der Waals surface area contributed by atoms with Crippen molar-refractivity contribution in [3.8, 4) is 0 Å². The molecule has 6 nitrogen and oxygen atoms in total. The molecule has 1 aromatic rings. The van der Waals surface area contributed by atoms with Gasteiger partial charge in [0, 0.05) is 5.92 Å². The number of fused-ring (bicyclic) bond motifs is 3. The minimum absolute atomic E-state index is 0.118. The number of tetrazole rings is 1. The van der Waals surface area contributed by atoms with Gasteiger partial charge in [0.2, 0.25) is 0 Å². The van der Waals surface area contributed by atoms with Crippen molar-refractivity contribution in [1.29, 1.82) is 0 Å². The molecular formula is C25H42N4O2. The van der Waals surface area contributed by atoms with Crippen LogP contribution >= 0.6 is 0 Å². The molecule has 3 aliphatic carbocycles. The molecule has 4 rings (SSSR count). The molecule has 1 aromatic heterocycles. The maximum Gasteiger partial charge on any atom is 0.158 e. The van der Waals surface area contributed by atoms with E-state index < -0.39 is 5.60 Å². The van der Waals surface area contributed by atoms with Gasteiger partial charge in [0.15, 0.2) is 5.78 Å². The van der Waals surface area contributed by atoms with Crippen molar-refractivity contribution >= 4 is 5.78 Å². The second-order valence-corrected chi connectivity index (χ2v) is 11.8. The van der Waals surface area contributed by atoms with Crippen LogP contribution in [-0.4, -0.2) is 36.7 Å². The van der Waals surface area contributed by atoms with Crippen molar-refractivity contribution in [1.82, 2.24) is 20.2 Å². The Labute approximate surface area is 187 Å². The second kappa shape index (κ2) is 8.24. The SMILES string of the molecule is CC[C@](C)(O)CC[C@@]1(C)CCC[C@@H]2[C@@H]1CC[C@]1(C)[C@@H](C(=O)Cn3nnnc3C)CC[C@@H]21. The Kier molecular flexibility index (Phi) is 6.08. The first-order valence-electron chi connectivity index (χ1n) is 12.6. The highest BCUT2D eigenvalue weighted by molar-refractivity contribution is 5.82. The zero-order valence-electron chi connectivity index (χ0n) is 20.2. The molecule has 174 valence electrons. The van der Waals surface area contributed by atoms with E-state index in [1.807, 2.05) is 13.8 Å². The predicted octanol–water partition coefficient (Wildman–Crippen LogP) is 4.74. The molecule has 3 aliphatic rings. The predicted molar refractivity (Wildman–Crippen MR) is 120 cm³/mol. The zero-order chi connectivity index (χ0) is 22.4. The zero-order valence-corrected chi connectivity index (χ0v) is 20.2. The summed E-state index contributed by atoms with van der Waals surface area (Å²) >= 11 is 0.